The third-order valence-corrected chi connectivity index (χ3v) is 6.24. The highest BCUT2D eigenvalue weighted by Gasteiger charge is 2.41. The highest BCUT2D eigenvalue weighted by Crippen LogP contribution is 2.29. The van der Waals surface area contributed by atoms with E-state index >= 15 is 0 Å². The van der Waals surface area contributed by atoms with E-state index in [0.29, 0.717) is 12.5 Å². The van der Waals surface area contributed by atoms with Crippen molar-refractivity contribution in [1.82, 2.24) is 0 Å². The third-order valence-electron chi connectivity index (χ3n) is 3.18. The highest BCUT2D eigenvalue weighted by molar-refractivity contribution is 6.60. The first kappa shape index (κ1) is 15.3. The number of ether oxygens (including phenoxy) is 1. The smallest absolute Gasteiger partial charge is 0.393 e. The standard InChI is InChI=1S/C11H20O6Si/c1-8(7-18(14-2,15-3)16-4)5-9-6-10(12)17-11(9)13/h8-9H,5-7H2,1-4H3. The zero-order valence-electron chi connectivity index (χ0n) is 11.2. The number of hydrogen-bond donors (Lipinski definition) is 0. The maximum atomic E-state index is 11.4. The molecule has 18 heavy (non-hydrogen) atoms. The molecular weight excluding hydrogens is 256 g/mol. The minimum Gasteiger partial charge on any atom is -0.393 e. The molecule has 0 aromatic rings. The van der Waals surface area contributed by atoms with Gasteiger partial charge in [0.05, 0.1) is 12.3 Å². The summed E-state index contributed by atoms with van der Waals surface area (Å²) in [6.07, 6.45) is 0.750. The van der Waals surface area contributed by atoms with Gasteiger partial charge in [-0.15, -0.1) is 0 Å². The van der Waals surface area contributed by atoms with Gasteiger partial charge in [-0.3, -0.25) is 9.59 Å². The monoisotopic (exact) mass is 276 g/mol. The highest BCUT2D eigenvalue weighted by atomic mass is 28.4. The van der Waals surface area contributed by atoms with Gasteiger partial charge in [0, 0.05) is 27.4 Å². The number of carbonyl (C=O) groups excluding carboxylic acids is 2. The Labute approximate surface area is 108 Å². The molecule has 0 aromatic heterocycles. The summed E-state index contributed by atoms with van der Waals surface area (Å²) in [4.78, 5) is 22.4. The normalized spacial score (nSPS) is 22.1. The van der Waals surface area contributed by atoms with Gasteiger partial charge < -0.3 is 18.0 Å². The fraction of sp³-hybridized carbons (Fsp3) is 0.818. The first-order valence-electron chi connectivity index (χ1n) is 5.86. The average molecular weight is 276 g/mol. The molecule has 2 atom stereocenters. The lowest BCUT2D eigenvalue weighted by Gasteiger charge is -2.27. The first-order chi connectivity index (χ1) is 8.46. The Hall–Kier alpha value is -0.763. The van der Waals surface area contributed by atoms with Crippen molar-refractivity contribution in [3.63, 3.8) is 0 Å². The Bertz CT molecular complexity index is 306. The largest absolute Gasteiger partial charge is 0.500 e. The second kappa shape index (κ2) is 6.42. The molecule has 0 spiro atoms. The Kier molecular flexibility index (Phi) is 5.45. The quantitative estimate of drug-likeness (QED) is 0.392. The van der Waals surface area contributed by atoms with Crippen molar-refractivity contribution in [3.05, 3.63) is 0 Å². The first-order valence-corrected chi connectivity index (χ1v) is 7.79. The van der Waals surface area contributed by atoms with Gasteiger partial charge in [-0.2, -0.15) is 0 Å². The Morgan fingerprint density at radius 2 is 1.83 bits per heavy atom. The number of carbonyl (C=O) groups is 2. The Balaban J connectivity index is 2.53. The molecule has 0 saturated carbocycles. The van der Waals surface area contributed by atoms with Crippen molar-refractivity contribution >= 4 is 20.7 Å². The summed E-state index contributed by atoms with van der Waals surface area (Å²) >= 11 is 0. The maximum Gasteiger partial charge on any atom is 0.500 e. The van der Waals surface area contributed by atoms with Crippen molar-refractivity contribution in [2.75, 3.05) is 21.3 Å². The Morgan fingerprint density at radius 3 is 2.22 bits per heavy atom. The molecule has 0 aliphatic carbocycles. The molecule has 1 aliphatic heterocycles. The summed E-state index contributed by atoms with van der Waals surface area (Å²) in [7, 11) is 2.04. The zero-order chi connectivity index (χ0) is 13.8. The molecule has 0 aromatic carbocycles. The summed E-state index contributed by atoms with van der Waals surface area (Å²) in [5.74, 6) is -1.05. The minimum absolute atomic E-state index is 0.153. The van der Waals surface area contributed by atoms with Gasteiger partial charge in [-0.25, -0.2) is 0 Å². The predicted octanol–water partition coefficient (Wildman–Crippen LogP) is 0.980. The van der Waals surface area contributed by atoms with E-state index < -0.39 is 20.7 Å². The number of cyclic esters (lactones) is 2. The fourth-order valence-electron chi connectivity index (χ4n) is 2.20. The molecule has 2 unspecified atom stereocenters. The summed E-state index contributed by atoms with van der Waals surface area (Å²) < 4.78 is 20.5. The number of rotatable bonds is 7. The molecule has 1 heterocycles. The molecular formula is C11H20O6Si. The lowest BCUT2D eigenvalue weighted by Crippen LogP contribution is -2.44. The average Bonchev–Trinajstić information content (AvgIpc) is 2.65. The van der Waals surface area contributed by atoms with E-state index in [1.807, 2.05) is 6.92 Å². The predicted molar refractivity (Wildman–Crippen MR) is 64.6 cm³/mol. The molecule has 1 aliphatic rings. The van der Waals surface area contributed by atoms with Crippen LogP contribution >= 0.6 is 0 Å². The minimum atomic E-state index is -2.63. The molecule has 1 saturated heterocycles. The molecule has 0 radical (unpaired) electrons. The van der Waals surface area contributed by atoms with E-state index in [-0.39, 0.29) is 18.3 Å². The van der Waals surface area contributed by atoms with Crippen LogP contribution in [0.3, 0.4) is 0 Å². The van der Waals surface area contributed by atoms with Crippen LogP contribution in [-0.2, 0) is 27.6 Å². The maximum absolute atomic E-state index is 11.4. The molecule has 0 bridgehead atoms. The zero-order valence-corrected chi connectivity index (χ0v) is 12.2. The van der Waals surface area contributed by atoms with E-state index in [9.17, 15) is 9.59 Å². The molecule has 1 fully saturated rings. The SMILES string of the molecule is CO[Si](CC(C)CC1CC(=O)OC1=O)(OC)OC. The van der Waals surface area contributed by atoms with Crippen LogP contribution < -0.4 is 0 Å². The summed E-state index contributed by atoms with van der Waals surface area (Å²) in [5.41, 5.74) is 0. The third kappa shape index (κ3) is 3.61. The van der Waals surface area contributed by atoms with E-state index in [0.717, 1.165) is 0 Å². The van der Waals surface area contributed by atoms with Crippen molar-refractivity contribution in [1.29, 1.82) is 0 Å². The summed E-state index contributed by atoms with van der Waals surface area (Å²) in [6, 6.07) is 0.606. The number of hydrogen-bond acceptors (Lipinski definition) is 6. The molecule has 6 nitrogen and oxygen atoms in total. The van der Waals surface area contributed by atoms with Crippen molar-refractivity contribution in [2.45, 2.75) is 25.8 Å². The Morgan fingerprint density at radius 1 is 1.28 bits per heavy atom. The summed E-state index contributed by atoms with van der Waals surface area (Å²) in [6.45, 7) is 1.98. The lowest BCUT2D eigenvalue weighted by atomic mass is 9.96. The van der Waals surface area contributed by atoms with Gasteiger partial charge in [0.2, 0.25) is 0 Å². The summed E-state index contributed by atoms with van der Waals surface area (Å²) in [5, 5.41) is 0. The molecule has 1 rings (SSSR count). The van der Waals surface area contributed by atoms with Gasteiger partial charge in [0.1, 0.15) is 0 Å². The molecule has 0 N–H and O–H groups in total. The van der Waals surface area contributed by atoms with Crippen LogP contribution in [0.25, 0.3) is 0 Å². The lowest BCUT2D eigenvalue weighted by molar-refractivity contribution is -0.153. The van der Waals surface area contributed by atoms with Crippen LogP contribution in [0.1, 0.15) is 19.8 Å². The molecule has 104 valence electrons. The topological polar surface area (TPSA) is 71.1 Å². The van der Waals surface area contributed by atoms with Gasteiger partial charge in [-0.05, 0) is 12.3 Å². The van der Waals surface area contributed by atoms with Crippen molar-refractivity contribution in [3.8, 4) is 0 Å². The van der Waals surface area contributed by atoms with Crippen molar-refractivity contribution < 1.29 is 27.6 Å². The van der Waals surface area contributed by atoms with Crippen LogP contribution in [-0.4, -0.2) is 42.1 Å². The van der Waals surface area contributed by atoms with Gasteiger partial charge in [-0.1, -0.05) is 6.92 Å². The number of esters is 2. The van der Waals surface area contributed by atoms with Gasteiger partial charge in [0.15, 0.2) is 0 Å². The van der Waals surface area contributed by atoms with E-state index in [4.69, 9.17) is 13.3 Å². The fourth-order valence-corrected chi connectivity index (χ4v) is 4.22. The van der Waals surface area contributed by atoms with Crippen LogP contribution in [0.4, 0.5) is 0 Å². The van der Waals surface area contributed by atoms with E-state index in [1.54, 1.807) is 21.3 Å². The molecule has 0 amide bonds. The van der Waals surface area contributed by atoms with Crippen LogP contribution in [0.2, 0.25) is 6.04 Å². The van der Waals surface area contributed by atoms with Crippen LogP contribution in [0.15, 0.2) is 0 Å². The van der Waals surface area contributed by atoms with E-state index in [1.165, 1.54) is 0 Å². The molecule has 7 heteroatoms. The van der Waals surface area contributed by atoms with E-state index in [2.05, 4.69) is 4.74 Å². The van der Waals surface area contributed by atoms with Crippen LogP contribution in [0.5, 0.6) is 0 Å². The van der Waals surface area contributed by atoms with Crippen LogP contribution in [0, 0.1) is 11.8 Å². The van der Waals surface area contributed by atoms with Gasteiger partial charge in [0.25, 0.3) is 0 Å². The van der Waals surface area contributed by atoms with Gasteiger partial charge >= 0.3 is 20.7 Å². The van der Waals surface area contributed by atoms with Crippen molar-refractivity contribution in [2.24, 2.45) is 11.8 Å². The second-order valence-electron chi connectivity index (χ2n) is 4.53. The second-order valence-corrected chi connectivity index (χ2v) is 7.53.